The number of unbranched alkanes of at least 4 members (excludes halogenated alkanes) is 3. The molecule has 3 aromatic rings. The summed E-state index contributed by atoms with van der Waals surface area (Å²) in [5.74, 6) is 0.206. The van der Waals surface area contributed by atoms with Crippen LogP contribution in [0.2, 0.25) is 0 Å². The lowest BCUT2D eigenvalue weighted by atomic mass is 10.0. The molecule has 156 valence electrons. The van der Waals surface area contributed by atoms with E-state index in [1.54, 1.807) is 11.3 Å². The minimum Gasteiger partial charge on any atom is -0.423 e. The first-order valence-corrected chi connectivity index (χ1v) is 11.4. The van der Waals surface area contributed by atoms with Crippen molar-refractivity contribution < 1.29 is 9.53 Å². The standard InChI is InChI=1S/C25H28N2O2S/c1-3-5-7-9-23-26-27-25(30-23)21-13-11-19(12-14-21)20-15-17-22(18-16-20)29-24(28)10-8-6-4-2/h8,10-18H,3-7,9H2,1-2H3/b10-8+. The van der Waals surface area contributed by atoms with Crippen molar-refractivity contribution in [2.45, 2.75) is 52.4 Å². The van der Waals surface area contributed by atoms with Crippen molar-refractivity contribution in [1.82, 2.24) is 10.2 Å². The van der Waals surface area contributed by atoms with Crippen molar-refractivity contribution in [1.29, 1.82) is 0 Å². The molecule has 1 heterocycles. The molecule has 0 aliphatic heterocycles. The van der Waals surface area contributed by atoms with Crippen LogP contribution in [-0.2, 0) is 11.2 Å². The molecule has 0 unspecified atom stereocenters. The molecule has 30 heavy (non-hydrogen) atoms. The molecule has 0 saturated heterocycles. The van der Waals surface area contributed by atoms with Crippen molar-refractivity contribution in [3.63, 3.8) is 0 Å². The molecule has 0 fully saturated rings. The number of aryl methyl sites for hydroxylation is 1. The first-order valence-electron chi connectivity index (χ1n) is 10.6. The number of aromatic nitrogens is 2. The minimum atomic E-state index is -0.341. The second kappa shape index (κ2) is 11.4. The summed E-state index contributed by atoms with van der Waals surface area (Å²) in [5.41, 5.74) is 3.26. The molecule has 0 amide bonds. The number of ether oxygens (including phenoxy) is 1. The second-order valence-corrected chi connectivity index (χ2v) is 8.23. The Morgan fingerprint density at radius 2 is 1.57 bits per heavy atom. The van der Waals surface area contributed by atoms with Crippen LogP contribution in [0.25, 0.3) is 21.7 Å². The molecular weight excluding hydrogens is 392 g/mol. The van der Waals surface area contributed by atoms with Gasteiger partial charge in [0.05, 0.1) is 0 Å². The molecule has 1 aromatic heterocycles. The fourth-order valence-electron chi connectivity index (χ4n) is 3.01. The summed E-state index contributed by atoms with van der Waals surface area (Å²) >= 11 is 1.68. The fourth-order valence-corrected chi connectivity index (χ4v) is 3.90. The van der Waals surface area contributed by atoms with Gasteiger partial charge in [-0.1, -0.05) is 86.9 Å². The molecular formula is C25H28N2O2S. The number of nitrogens with zero attached hydrogens (tertiary/aromatic N) is 2. The molecule has 0 aliphatic rings. The Morgan fingerprint density at radius 1 is 0.900 bits per heavy atom. The van der Waals surface area contributed by atoms with E-state index in [1.807, 2.05) is 30.3 Å². The molecule has 0 N–H and O–H groups in total. The van der Waals surface area contributed by atoms with E-state index in [9.17, 15) is 4.79 Å². The van der Waals surface area contributed by atoms with Crippen molar-refractivity contribution in [2.75, 3.05) is 0 Å². The Bertz CT molecular complexity index is 960. The van der Waals surface area contributed by atoms with Crippen molar-refractivity contribution >= 4 is 17.3 Å². The Kier molecular flexibility index (Phi) is 8.33. The van der Waals surface area contributed by atoms with Crippen LogP contribution in [0.15, 0.2) is 60.7 Å². The van der Waals surface area contributed by atoms with Gasteiger partial charge in [0, 0.05) is 18.1 Å². The maximum absolute atomic E-state index is 11.8. The van der Waals surface area contributed by atoms with E-state index in [1.165, 1.54) is 25.3 Å². The first-order chi connectivity index (χ1) is 14.7. The van der Waals surface area contributed by atoms with E-state index in [0.29, 0.717) is 5.75 Å². The van der Waals surface area contributed by atoms with Gasteiger partial charge in [0.25, 0.3) is 0 Å². The second-order valence-electron chi connectivity index (χ2n) is 7.17. The molecule has 0 saturated carbocycles. The van der Waals surface area contributed by atoms with Crippen LogP contribution in [-0.4, -0.2) is 16.2 Å². The van der Waals surface area contributed by atoms with Gasteiger partial charge in [0.2, 0.25) is 0 Å². The van der Waals surface area contributed by atoms with Gasteiger partial charge in [-0.15, -0.1) is 10.2 Å². The van der Waals surface area contributed by atoms with Gasteiger partial charge in [-0.25, -0.2) is 4.79 Å². The molecule has 0 atom stereocenters. The molecule has 0 bridgehead atoms. The highest BCUT2D eigenvalue weighted by Gasteiger charge is 2.08. The van der Waals surface area contributed by atoms with Crippen LogP contribution in [0, 0.1) is 0 Å². The monoisotopic (exact) mass is 420 g/mol. The minimum absolute atomic E-state index is 0.341. The normalized spacial score (nSPS) is 11.1. The number of benzene rings is 2. The maximum Gasteiger partial charge on any atom is 0.335 e. The predicted molar refractivity (Wildman–Crippen MR) is 124 cm³/mol. The van der Waals surface area contributed by atoms with E-state index in [-0.39, 0.29) is 5.97 Å². The quantitative estimate of drug-likeness (QED) is 0.155. The Hall–Kier alpha value is -2.79. The molecule has 2 aromatic carbocycles. The zero-order valence-corrected chi connectivity index (χ0v) is 18.5. The van der Waals surface area contributed by atoms with E-state index in [4.69, 9.17) is 4.74 Å². The summed E-state index contributed by atoms with van der Waals surface area (Å²) in [4.78, 5) is 11.8. The van der Waals surface area contributed by atoms with Crippen LogP contribution in [0.5, 0.6) is 5.75 Å². The lowest BCUT2D eigenvalue weighted by Crippen LogP contribution is -2.03. The van der Waals surface area contributed by atoms with Crippen LogP contribution in [0.1, 0.15) is 51.0 Å². The molecule has 0 aliphatic carbocycles. The summed E-state index contributed by atoms with van der Waals surface area (Å²) < 4.78 is 5.33. The van der Waals surface area contributed by atoms with Gasteiger partial charge in [-0.05, 0) is 36.1 Å². The number of allylic oxidation sites excluding steroid dienone is 1. The molecule has 5 heteroatoms. The highest BCUT2D eigenvalue weighted by Crippen LogP contribution is 2.28. The molecule has 3 rings (SSSR count). The number of esters is 1. The van der Waals surface area contributed by atoms with E-state index in [0.717, 1.165) is 46.0 Å². The zero-order valence-electron chi connectivity index (χ0n) is 17.6. The number of carbonyl (C=O) groups excluding carboxylic acids is 1. The summed E-state index contributed by atoms with van der Waals surface area (Å²) in [7, 11) is 0. The highest BCUT2D eigenvalue weighted by molar-refractivity contribution is 7.14. The summed E-state index contributed by atoms with van der Waals surface area (Å²) in [6.45, 7) is 4.28. The summed E-state index contributed by atoms with van der Waals surface area (Å²) in [6, 6.07) is 15.9. The van der Waals surface area contributed by atoms with Crippen LogP contribution >= 0.6 is 11.3 Å². The molecule has 4 nitrogen and oxygen atoms in total. The van der Waals surface area contributed by atoms with E-state index in [2.05, 4.69) is 48.3 Å². The van der Waals surface area contributed by atoms with E-state index < -0.39 is 0 Å². The van der Waals surface area contributed by atoms with Crippen LogP contribution in [0.3, 0.4) is 0 Å². The fraction of sp³-hybridized carbons (Fsp3) is 0.320. The van der Waals surface area contributed by atoms with Gasteiger partial charge in [0.1, 0.15) is 15.8 Å². The van der Waals surface area contributed by atoms with Crippen LogP contribution in [0.4, 0.5) is 0 Å². The number of carbonyl (C=O) groups is 1. The zero-order chi connectivity index (χ0) is 21.2. The van der Waals surface area contributed by atoms with Crippen LogP contribution < -0.4 is 4.74 Å². The smallest absolute Gasteiger partial charge is 0.335 e. The van der Waals surface area contributed by atoms with Gasteiger partial charge in [-0.2, -0.15) is 0 Å². The first kappa shape index (κ1) is 21.9. The number of hydrogen-bond acceptors (Lipinski definition) is 5. The van der Waals surface area contributed by atoms with Gasteiger partial charge in [-0.3, -0.25) is 0 Å². The third-order valence-corrected chi connectivity index (χ3v) is 5.74. The lowest BCUT2D eigenvalue weighted by Gasteiger charge is -2.05. The third-order valence-electron chi connectivity index (χ3n) is 4.71. The number of hydrogen-bond donors (Lipinski definition) is 0. The maximum atomic E-state index is 11.8. The van der Waals surface area contributed by atoms with Gasteiger partial charge >= 0.3 is 5.97 Å². The Balaban J connectivity index is 1.61. The average Bonchev–Trinajstić information content (AvgIpc) is 3.24. The van der Waals surface area contributed by atoms with Gasteiger partial charge < -0.3 is 4.74 Å². The predicted octanol–water partition coefficient (Wildman–Crippen LogP) is 6.87. The van der Waals surface area contributed by atoms with E-state index >= 15 is 0 Å². The van der Waals surface area contributed by atoms with Crippen molar-refractivity contribution in [2.24, 2.45) is 0 Å². The third kappa shape index (κ3) is 6.36. The highest BCUT2D eigenvalue weighted by atomic mass is 32.1. The molecule has 0 radical (unpaired) electrons. The topological polar surface area (TPSA) is 52.1 Å². The summed E-state index contributed by atoms with van der Waals surface area (Å²) in [5, 5.41) is 10.7. The van der Waals surface area contributed by atoms with Crippen molar-refractivity contribution in [3.8, 4) is 27.4 Å². The summed E-state index contributed by atoms with van der Waals surface area (Å²) in [6.07, 6.45) is 9.84. The SMILES string of the molecule is CCC/C=C/C(=O)Oc1ccc(-c2ccc(-c3nnc(CCCCC)s3)cc2)cc1. The number of rotatable bonds is 10. The molecule has 0 spiro atoms. The lowest BCUT2D eigenvalue weighted by molar-refractivity contribution is -0.129. The largest absolute Gasteiger partial charge is 0.423 e. The Morgan fingerprint density at radius 3 is 2.23 bits per heavy atom. The Labute approximate surface area is 182 Å². The van der Waals surface area contributed by atoms with Crippen molar-refractivity contribution in [3.05, 3.63) is 65.7 Å². The average molecular weight is 421 g/mol. The van der Waals surface area contributed by atoms with Gasteiger partial charge in [0.15, 0.2) is 0 Å².